The van der Waals surface area contributed by atoms with E-state index in [4.69, 9.17) is 12.2 Å². The number of allylic oxidation sites excluding steroid dienone is 3. The number of hydrogen-bond donors (Lipinski definition) is 0. The first-order valence-corrected chi connectivity index (χ1v) is 4.77. The van der Waals surface area contributed by atoms with Crippen LogP contribution in [0.25, 0.3) is 0 Å². The summed E-state index contributed by atoms with van der Waals surface area (Å²) in [7, 11) is 1.66. The molecule has 1 atom stereocenters. The number of thiocarbonyl (C=S) groups is 1. The Balaban J connectivity index is 2.47. The third-order valence-corrected chi connectivity index (χ3v) is 2.74. The molecular formula is C10H10N2OS. The molecule has 1 aliphatic heterocycles. The minimum Gasteiger partial charge on any atom is -0.290 e. The van der Waals surface area contributed by atoms with Crippen LogP contribution in [0.15, 0.2) is 28.8 Å². The molecule has 4 heteroatoms. The number of carbonyl (C=O) groups is 1. The summed E-state index contributed by atoms with van der Waals surface area (Å²) in [5.74, 6) is -0.236. The van der Waals surface area contributed by atoms with E-state index >= 15 is 0 Å². The van der Waals surface area contributed by atoms with Crippen molar-refractivity contribution >= 4 is 28.9 Å². The molecule has 0 aromatic heterocycles. The van der Waals surface area contributed by atoms with Crippen LogP contribution in [0, 0.1) is 5.92 Å². The minimum atomic E-state index is -0.239. The zero-order valence-electron chi connectivity index (χ0n) is 8.02. The quantitative estimate of drug-likeness (QED) is 0.560. The number of carbonyl (C=O) groups excluding carboxylic acids is 1. The Kier molecular flexibility index (Phi) is 2.07. The molecule has 0 saturated heterocycles. The van der Waals surface area contributed by atoms with Crippen molar-refractivity contribution in [1.82, 2.24) is 4.90 Å². The first-order valence-electron chi connectivity index (χ1n) is 4.36. The second kappa shape index (κ2) is 3.13. The van der Waals surface area contributed by atoms with Gasteiger partial charge in [-0.1, -0.05) is 17.7 Å². The van der Waals surface area contributed by atoms with Crippen LogP contribution in [0.1, 0.15) is 6.92 Å². The van der Waals surface area contributed by atoms with E-state index in [-0.39, 0.29) is 11.8 Å². The molecule has 0 saturated carbocycles. The van der Waals surface area contributed by atoms with Gasteiger partial charge in [-0.3, -0.25) is 9.69 Å². The second-order valence-corrected chi connectivity index (χ2v) is 3.80. The van der Waals surface area contributed by atoms with Gasteiger partial charge in [-0.2, -0.15) is 0 Å². The summed E-state index contributed by atoms with van der Waals surface area (Å²) in [6.07, 6.45) is 5.72. The highest BCUT2D eigenvalue weighted by molar-refractivity contribution is 7.80. The van der Waals surface area contributed by atoms with E-state index in [9.17, 15) is 4.79 Å². The fourth-order valence-electron chi connectivity index (χ4n) is 1.52. The van der Waals surface area contributed by atoms with Gasteiger partial charge >= 0.3 is 0 Å². The fourth-order valence-corrected chi connectivity index (χ4v) is 1.71. The molecule has 0 radical (unpaired) electrons. The lowest BCUT2D eigenvalue weighted by atomic mass is 9.92. The summed E-state index contributed by atoms with van der Waals surface area (Å²) in [6.45, 7) is 1.97. The van der Waals surface area contributed by atoms with Crippen molar-refractivity contribution in [3.63, 3.8) is 0 Å². The molecule has 0 fully saturated rings. The van der Waals surface area contributed by atoms with Gasteiger partial charge in [0.25, 0.3) is 0 Å². The summed E-state index contributed by atoms with van der Waals surface area (Å²) < 4.78 is 0. The highest BCUT2D eigenvalue weighted by atomic mass is 32.1. The zero-order chi connectivity index (χ0) is 10.3. The van der Waals surface area contributed by atoms with Gasteiger partial charge in [-0.25, -0.2) is 4.99 Å². The molecule has 2 rings (SSSR count). The molecule has 0 aromatic rings. The normalized spacial score (nSPS) is 25.9. The molecule has 3 nitrogen and oxygen atoms in total. The van der Waals surface area contributed by atoms with E-state index in [1.165, 1.54) is 4.90 Å². The van der Waals surface area contributed by atoms with Gasteiger partial charge in [0, 0.05) is 7.05 Å². The van der Waals surface area contributed by atoms with Crippen molar-refractivity contribution in [2.24, 2.45) is 10.9 Å². The van der Waals surface area contributed by atoms with Crippen LogP contribution in [0.3, 0.4) is 0 Å². The van der Waals surface area contributed by atoms with Crippen molar-refractivity contribution in [2.45, 2.75) is 6.92 Å². The molecule has 72 valence electrons. The van der Waals surface area contributed by atoms with E-state index in [0.717, 1.165) is 11.3 Å². The van der Waals surface area contributed by atoms with Gasteiger partial charge in [-0.05, 0) is 25.2 Å². The Bertz CT molecular complexity index is 406. The predicted molar refractivity (Wildman–Crippen MR) is 59.2 cm³/mol. The molecule has 1 unspecified atom stereocenters. The number of hydrogen-bond acceptors (Lipinski definition) is 2. The first kappa shape index (κ1) is 9.27. The third-order valence-electron chi connectivity index (χ3n) is 2.37. The lowest BCUT2D eigenvalue weighted by Gasteiger charge is -2.27. The maximum atomic E-state index is 11.8. The van der Waals surface area contributed by atoms with Crippen LogP contribution in [-0.2, 0) is 4.79 Å². The van der Waals surface area contributed by atoms with Crippen molar-refractivity contribution in [3.05, 3.63) is 23.8 Å². The molecule has 1 aliphatic carbocycles. The van der Waals surface area contributed by atoms with E-state index in [0.29, 0.717) is 5.11 Å². The minimum absolute atomic E-state index is 0.00343. The van der Waals surface area contributed by atoms with Gasteiger partial charge in [0.1, 0.15) is 0 Å². The Labute approximate surface area is 87.8 Å². The Morgan fingerprint density at radius 3 is 2.93 bits per heavy atom. The SMILES string of the molecule is CC1=CC2C(=O)N(C)C(=S)N=C2C=C1. The van der Waals surface area contributed by atoms with Crippen molar-refractivity contribution in [3.8, 4) is 0 Å². The predicted octanol–water partition coefficient (Wildman–Crippen LogP) is 1.32. The van der Waals surface area contributed by atoms with Crippen LogP contribution in [-0.4, -0.2) is 28.7 Å². The monoisotopic (exact) mass is 206 g/mol. The highest BCUT2D eigenvalue weighted by Gasteiger charge is 2.31. The van der Waals surface area contributed by atoms with Crippen LogP contribution in [0.5, 0.6) is 0 Å². The summed E-state index contributed by atoms with van der Waals surface area (Å²) in [5.41, 5.74) is 1.84. The molecular weight excluding hydrogens is 196 g/mol. The van der Waals surface area contributed by atoms with Crippen molar-refractivity contribution < 1.29 is 4.79 Å². The maximum absolute atomic E-state index is 11.8. The summed E-state index contributed by atoms with van der Waals surface area (Å²) in [5, 5.41) is 0.346. The fraction of sp³-hybridized carbons (Fsp3) is 0.300. The lowest BCUT2D eigenvalue weighted by Crippen LogP contribution is -2.43. The molecule has 2 aliphatic rings. The average Bonchev–Trinajstić information content (AvgIpc) is 2.16. The maximum Gasteiger partial charge on any atom is 0.241 e. The highest BCUT2D eigenvalue weighted by Crippen LogP contribution is 2.21. The largest absolute Gasteiger partial charge is 0.290 e. The lowest BCUT2D eigenvalue weighted by molar-refractivity contribution is -0.127. The van der Waals surface area contributed by atoms with Crippen molar-refractivity contribution in [2.75, 3.05) is 7.05 Å². The molecule has 0 aromatic carbocycles. The average molecular weight is 206 g/mol. The Hall–Kier alpha value is -1.29. The molecule has 1 heterocycles. The molecule has 1 amide bonds. The van der Waals surface area contributed by atoms with E-state index in [2.05, 4.69) is 4.99 Å². The van der Waals surface area contributed by atoms with Gasteiger partial charge in [0.05, 0.1) is 11.6 Å². The first-order chi connectivity index (χ1) is 6.59. The van der Waals surface area contributed by atoms with Gasteiger partial charge in [0.15, 0.2) is 0 Å². The second-order valence-electron chi connectivity index (χ2n) is 3.44. The van der Waals surface area contributed by atoms with Crippen LogP contribution >= 0.6 is 12.2 Å². The van der Waals surface area contributed by atoms with Crippen LogP contribution in [0.4, 0.5) is 0 Å². The topological polar surface area (TPSA) is 32.7 Å². The van der Waals surface area contributed by atoms with E-state index in [1.807, 2.05) is 25.2 Å². The standard InChI is InChI=1S/C10H10N2OS/c1-6-3-4-8-7(5-6)9(13)12(2)10(14)11-8/h3-5,7H,1-2H3. The van der Waals surface area contributed by atoms with Gasteiger partial charge < -0.3 is 0 Å². The summed E-state index contributed by atoms with van der Waals surface area (Å²) in [6, 6.07) is 0. The molecule has 0 bridgehead atoms. The van der Waals surface area contributed by atoms with E-state index in [1.54, 1.807) is 7.05 Å². The van der Waals surface area contributed by atoms with Gasteiger partial charge in [0.2, 0.25) is 11.0 Å². The molecule has 0 N–H and O–H groups in total. The smallest absolute Gasteiger partial charge is 0.241 e. The molecule has 14 heavy (non-hydrogen) atoms. The number of amides is 1. The summed E-state index contributed by atoms with van der Waals surface area (Å²) >= 11 is 4.97. The number of rotatable bonds is 0. The zero-order valence-corrected chi connectivity index (χ0v) is 8.84. The van der Waals surface area contributed by atoms with Gasteiger partial charge in [-0.15, -0.1) is 0 Å². The Morgan fingerprint density at radius 2 is 2.21 bits per heavy atom. The third kappa shape index (κ3) is 1.32. The Morgan fingerprint density at radius 1 is 1.50 bits per heavy atom. The molecule has 0 spiro atoms. The van der Waals surface area contributed by atoms with Crippen molar-refractivity contribution in [1.29, 1.82) is 0 Å². The van der Waals surface area contributed by atoms with Crippen LogP contribution in [0.2, 0.25) is 0 Å². The van der Waals surface area contributed by atoms with Crippen LogP contribution < -0.4 is 0 Å². The number of fused-ring (bicyclic) bond motifs is 1. The number of nitrogens with zero attached hydrogens (tertiary/aromatic N) is 2. The number of aliphatic imine (C=N–C) groups is 1. The van der Waals surface area contributed by atoms with E-state index < -0.39 is 0 Å². The summed E-state index contributed by atoms with van der Waals surface area (Å²) in [4.78, 5) is 17.4.